The van der Waals surface area contributed by atoms with Crippen LogP contribution in [0.15, 0.2) is 24.3 Å². The Bertz CT molecular complexity index is 462. The summed E-state index contributed by atoms with van der Waals surface area (Å²) >= 11 is 5.39. The predicted molar refractivity (Wildman–Crippen MR) is 82.1 cm³/mol. The molecule has 0 bridgehead atoms. The van der Waals surface area contributed by atoms with E-state index in [9.17, 15) is 8.78 Å². The van der Waals surface area contributed by atoms with Crippen molar-refractivity contribution >= 4 is 23.0 Å². The molecule has 0 unspecified atom stereocenters. The average Bonchev–Trinajstić information content (AvgIpc) is 2.49. The topological polar surface area (TPSA) is 28.9 Å². The van der Waals surface area contributed by atoms with Crippen molar-refractivity contribution in [3.63, 3.8) is 0 Å². The van der Waals surface area contributed by atoms with Crippen LogP contribution in [0.5, 0.6) is 5.75 Å². The number of thiocarbonyl (C=S) groups is 1. The highest BCUT2D eigenvalue weighted by atomic mass is 32.1. The minimum atomic E-state index is -2.80. The van der Waals surface area contributed by atoms with Crippen molar-refractivity contribution in [1.29, 1.82) is 0 Å². The molecule has 2 N–H and O–H groups in total. The summed E-state index contributed by atoms with van der Waals surface area (Å²) in [4.78, 5) is 3.72. The molecule has 1 saturated heterocycles. The van der Waals surface area contributed by atoms with E-state index in [0.717, 1.165) is 38.4 Å². The second kappa shape index (κ2) is 7.51. The number of quaternary nitrogens is 1. The van der Waals surface area contributed by atoms with E-state index in [-0.39, 0.29) is 5.75 Å². The fourth-order valence-corrected chi connectivity index (χ4v) is 2.60. The number of alkyl halides is 2. The Hall–Kier alpha value is -1.47. The molecule has 2 rings (SSSR count). The molecule has 1 aromatic carbocycles. The van der Waals surface area contributed by atoms with Gasteiger partial charge < -0.3 is 19.9 Å². The number of likely N-dealkylation sites (N-methyl/N-ethyl adjacent to an activating group) is 1. The number of anilines is 1. The molecule has 1 fully saturated rings. The number of halogens is 2. The van der Waals surface area contributed by atoms with E-state index in [0.29, 0.717) is 5.11 Å². The monoisotopic (exact) mass is 316 g/mol. The predicted octanol–water partition coefficient (Wildman–Crippen LogP) is 1.21. The number of nitrogens with one attached hydrogen (secondary N) is 2. The Morgan fingerprint density at radius 2 is 1.95 bits per heavy atom. The largest absolute Gasteiger partial charge is 0.435 e. The molecule has 0 atom stereocenters. The Labute approximate surface area is 128 Å². The summed E-state index contributed by atoms with van der Waals surface area (Å²) in [6, 6.07) is 6.35. The maximum atomic E-state index is 12.1. The molecular weight excluding hydrogens is 296 g/mol. The van der Waals surface area contributed by atoms with E-state index >= 15 is 0 Å². The van der Waals surface area contributed by atoms with Gasteiger partial charge in [-0.2, -0.15) is 8.78 Å². The third kappa shape index (κ3) is 4.78. The SMILES string of the molecule is CC[NH+]1CCN(C(=S)Nc2ccc(OC(F)F)cc2)CC1. The molecule has 0 aliphatic carbocycles. The van der Waals surface area contributed by atoms with Crippen LogP contribution in [0.4, 0.5) is 14.5 Å². The van der Waals surface area contributed by atoms with Gasteiger partial charge in [0.1, 0.15) is 5.75 Å². The molecule has 1 aromatic rings. The highest BCUT2D eigenvalue weighted by molar-refractivity contribution is 7.80. The summed E-state index contributed by atoms with van der Waals surface area (Å²) in [6.07, 6.45) is 0. The number of ether oxygens (including phenoxy) is 1. The molecule has 0 aromatic heterocycles. The first-order chi connectivity index (χ1) is 10.1. The van der Waals surface area contributed by atoms with Crippen molar-refractivity contribution in [3.05, 3.63) is 24.3 Å². The van der Waals surface area contributed by atoms with E-state index in [1.165, 1.54) is 12.1 Å². The van der Waals surface area contributed by atoms with Gasteiger partial charge in [-0.15, -0.1) is 0 Å². The summed E-state index contributed by atoms with van der Waals surface area (Å²) in [5.41, 5.74) is 0.770. The third-order valence-electron chi connectivity index (χ3n) is 3.59. The van der Waals surface area contributed by atoms with Gasteiger partial charge in [0.15, 0.2) is 5.11 Å². The van der Waals surface area contributed by atoms with Crippen molar-refractivity contribution in [2.45, 2.75) is 13.5 Å². The summed E-state index contributed by atoms with van der Waals surface area (Å²) in [6.45, 7) is 4.55. The Balaban J connectivity index is 1.85. The second-order valence-electron chi connectivity index (χ2n) is 4.92. The van der Waals surface area contributed by atoms with Crippen LogP contribution in [0.1, 0.15) is 6.92 Å². The van der Waals surface area contributed by atoms with E-state index < -0.39 is 6.61 Å². The lowest BCUT2D eigenvalue weighted by Gasteiger charge is -2.33. The average molecular weight is 316 g/mol. The van der Waals surface area contributed by atoms with Gasteiger partial charge in [-0.05, 0) is 43.4 Å². The molecule has 7 heteroatoms. The van der Waals surface area contributed by atoms with Crippen molar-refractivity contribution in [2.75, 3.05) is 38.0 Å². The van der Waals surface area contributed by atoms with Gasteiger partial charge in [0.05, 0.1) is 32.7 Å². The van der Waals surface area contributed by atoms with Crippen LogP contribution in [0.25, 0.3) is 0 Å². The van der Waals surface area contributed by atoms with E-state index in [1.807, 2.05) is 0 Å². The van der Waals surface area contributed by atoms with Gasteiger partial charge in [0, 0.05) is 5.69 Å². The number of nitrogens with zero attached hydrogens (tertiary/aromatic N) is 1. The zero-order valence-electron chi connectivity index (χ0n) is 11.9. The van der Waals surface area contributed by atoms with Crippen LogP contribution in [0.3, 0.4) is 0 Å². The zero-order chi connectivity index (χ0) is 15.2. The number of piperazine rings is 1. The fraction of sp³-hybridized carbons (Fsp3) is 0.500. The van der Waals surface area contributed by atoms with Crippen LogP contribution in [0, 0.1) is 0 Å². The summed E-state index contributed by atoms with van der Waals surface area (Å²) in [5, 5.41) is 3.80. The quantitative estimate of drug-likeness (QED) is 0.817. The van der Waals surface area contributed by atoms with Crippen molar-refractivity contribution in [3.8, 4) is 5.75 Å². The first-order valence-corrected chi connectivity index (χ1v) is 7.43. The number of hydrogen-bond donors (Lipinski definition) is 2. The van der Waals surface area contributed by atoms with Crippen LogP contribution in [-0.4, -0.2) is 49.3 Å². The number of hydrogen-bond acceptors (Lipinski definition) is 2. The second-order valence-corrected chi connectivity index (χ2v) is 5.31. The maximum Gasteiger partial charge on any atom is 0.387 e. The standard InChI is InChI=1S/C14H19F2N3OS/c1-2-18-7-9-19(10-8-18)14(21)17-11-3-5-12(6-4-11)20-13(15)16/h3-6,13H,2,7-10H2,1H3,(H,17,21)/p+1. The molecule has 0 spiro atoms. The lowest BCUT2D eigenvalue weighted by Crippen LogP contribution is -3.14. The first-order valence-electron chi connectivity index (χ1n) is 7.03. The van der Waals surface area contributed by atoms with Gasteiger partial charge >= 0.3 is 6.61 Å². The maximum absolute atomic E-state index is 12.1. The van der Waals surface area contributed by atoms with Crippen molar-refractivity contribution in [1.82, 2.24) is 4.90 Å². The Kier molecular flexibility index (Phi) is 5.69. The van der Waals surface area contributed by atoms with E-state index in [2.05, 4.69) is 21.9 Å². The number of rotatable bonds is 4. The zero-order valence-corrected chi connectivity index (χ0v) is 12.8. The molecule has 1 aliphatic heterocycles. The van der Waals surface area contributed by atoms with Crippen LogP contribution >= 0.6 is 12.2 Å². The van der Waals surface area contributed by atoms with Crippen molar-refractivity contribution < 1.29 is 18.4 Å². The Morgan fingerprint density at radius 1 is 1.33 bits per heavy atom. The van der Waals surface area contributed by atoms with Gasteiger partial charge in [-0.1, -0.05) is 0 Å². The lowest BCUT2D eigenvalue weighted by atomic mass is 10.3. The van der Waals surface area contributed by atoms with Gasteiger partial charge in [0.2, 0.25) is 0 Å². The van der Waals surface area contributed by atoms with Gasteiger partial charge in [0.25, 0.3) is 0 Å². The number of benzene rings is 1. The fourth-order valence-electron chi connectivity index (χ4n) is 2.30. The smallest absolute Gasteiger partial charge is 0.387 e. The molecule has 1 aliphatic rings. The van der Waals surface area contributed by atoms with Crippen LogP contribution < -0.4 is 15.0 Å². The lowest BCUT2D eigenvalue weighted by molar-refractivity contribution is -0.902. The minimum Gasteiger partial charge on any atom is -0.435 e. The highest BCUT2D eigenvalue weighted by Crippen LogP contribution is 2.18. The molecule has 0 saturated carbocycles. The van der Waals surface area contributed by atoms with E-state index in [4.69, 9.17) is 12.2 Å². The molecule has 0 amide bonds. The van der Waals surface area contributed by atoms with Gasteiger partial charge in [-0.3, -0.25) is 0 Å². The first kappa shape index (κ1) is 15.9. The third-order valence-corrected chi connectivity index (χ3v) is 3.95. The minimum absolute atomic E-state index is 0.140. The Morgan fingerprint density at radius 3 is 2.48 bits per heavy atom. The normalized spacial score (nSPS) is 16.1. The summed E-state index contributed by atoms with van der Waals surface area (Å²) in [5.74, 6) is 0.140. The molecule has 4 nitrogen and oxygen atoms in total. The van der Waals surface area contributed by atoms with Crippen LogP contribution in [0.2, 0.25) is 0 Å². The molecule has 116 valence electrons. The summed E-state index contributed by atoms with van der Waals surface area (Å²) in [7, 11) is 0. The highest BCUT2D eigenvalue weighted by Gasteiger charge is 2.20. The molecule has 0 radical (unpaired) electrons. The molecule has 1 heterocycles. The van der Waals surface area contributed by atoms with E-state index in [1.54, 1.807) is 17.0 Å². The van der Waals surface area contributed by atoms with Crippen molar-refractivity contribution in [2.24, 2.45) is 0 Å². The van der Waals surface area contributed by atoms with Crippen LogP contribution in [-0.2, 0) is 0 Å². The summed E-state index contributed by atoms with van der Waals surface area (Å²) < 4.78 is 28.4. The molecular formula is C14H20F2N3OS+. The molecule has 21 heavy (non-hydrogen) atoms. The van der Waals surface area contributed by atoms with Gasteiger partial charge in [-0.25, -0.2) is 0 Å².